The molecule has 1 unspecified atom stereocenters. The minimum absolute atomic E-state index is 0.0632. The number of H-pyrrole nitrogens is 1. The summed E-state index contributed by atoms with van der Waals surface area (Å²) in [6, 6.07) is 1.94. The van der Waals surface area contributed by atoms with Crippen LogP contribution in [0.15, 0.2) is 9.82 Å². The Bertz CT molecular complexity index is 518. The highest BCUT2D eigenvalue weighted by Crippen LogP contribution is 2.24. The average Bonchev–Trinajstić information content (AvgIpc) is 2.15. The second kappa shape index (κ2) is 4.81. The monoisotopic (exact) mass is 239 g/mol. The van der Waals surface area contributed by atoms with Crippen LogP contribution in [0, 0.1) is 18.3 Å². The largest absolute Gasteiger partial charge is 0.478 e. The molecule has 0 spiro atoms. The average molecular weight is 239 g/mol. The van der Waals surface area contributed by atoms with Crippen LogP contribution in [-0.2, 0) is 0 Å². The number of aromatic nitrogens is 2. The highest BCUT2D eigenvalue weighted by Gasteiger charge is 2.18. The van der Waals surface area contributed by atoms with E-state index in [-0.39, 0.29) is 16.3 Å². The first kappa shape index (κ1) is 12.3. The number of nitriles is 1. The van der Waals surface area contributed by atoms with E-state index in [1.165, 1.54) is 6.92 Å². The summed E-state index contributed by atoms with van der Waals surface area (Å²) in [7, 11) is 0. The van der Waals surface area contributed by atoms with E-state index in [9.17, 15) is 9.59 Å². The third-order valence-electron chi connectivity index (χ3n) is 1.77. The molecule has 84 valence electrons. The molecule has 7 heteroatoms. The van der Waals surface area contributed by atoms with Crippen molar-refractivity contribution >= 4 is 17.7 Å². The van der Waals surface area contributed by atoms with Crippen LogP contribution in [0.4, 0.5) is 0 Å². The van der Waals surface area contributed by atoms with Crippen LogP contribution in [0.3, 0.4) is 0 Å². The van der Waals surface area contributed by atoms with Gasteiger partial charge in [-0.2, -0.15) is 10.2 Å². The first-order valence-corrected chi connectivity index (χ1v) is 5.24. The standard InChI is InChI=1S/C9H9N3O3S/c1-4(3-10)16-7-6(8(13)14)5(2)11-9(15)12-7/h4H,1-2H3,(H,13,14)(H,11,12,15). The smallest absolute Gasteiger partial charge is 0.346 e. The maximum atomic E-state index is 11.1. The van der Waals surface area contributed by atoms with Crippen LogP contribution in [0.2, 0.25) is 0 Å². The summed E-state index contributed by atoms with van der Waals surface area (Å²) in [5, 5.41) is 17.2. The number of rotatable bonds is 3. The predicted octanol–water partition coefficient (Wildman–Crippen LogP) is 0.781. The molecule has 1 heterocycles. The molecule has 0 saturated carbocycles. The van der Waals surface area contributed by atoms with Gasteiger partial charge in [-0.1, -0.05) is 11.8 Å². The number of carboxylic acids is 1. The molecular formula is C9H9N3O3S. The number of carboxylic acid groups (broad SMARTS) is 1. The molecular weight excluding hydrogens is 230 g/mol. The number of aromatic carboxylic acids is 1. The zero-order chi connectivity index (χ0) is 12.3. The van der Waals surface area contributed by atoms with Gasteiger partial charge in [0.25, 0.3) is 0 Å². The maximum absolute atomic E-state index is 11.1. The summed E-state index contributed by atoms with van der Waals surface area (Å²) in [4.78, 5) is 27.9. The highest BCUT2D eigenvalue weighted by molar-refractivity contribution is 8.00. The lowest BCUT2D eigenvalue weighted by Gasteiger charge is -2.07. The number of hydrogen-bond acceptors (Lipinski definition) is 5. The minimum atomic E-state index is -1.17. The van der Waals surface area contributed by atoms with Crippen molar-refractivity contribution in [3.05, 3.63) is 21.7 Å². The Morgan fingerprint density at radius 3 is 2.81 bits per heavy atom. The third kappa shape index (κ3) is 2.61. The number of thioether (sulfide) groups is 1. The number of nitrogens with zero attached hydrogens (tertiary/aromatic N) is 2. The molecule has 1 atom stereocenters. The second-order valence-electron chi connectivity index (χ2n) is 3.04. The van der Waals surface area contributed by atoms with Crippen molar-refractivity contribution in [3.63, 3.8) is 0 Å². The Balaban J connectivity index is 3.31. The van der Waals surface area contributed by atoms with Gasteiger partial charge in [0.15, 0.2) is 0 Å². The van der Waals surface area contributed by atoms with Gasteiger partial charge in [0.1, 0.15) is 10.6 Å². The Morgan fingerprint density at radius 1 is 1.69 bits per heavy atom. The van der Waals surface area contributed by atoms with Crippen LogP contribution in [0.5, 0.6) is 0 Å². The predicted molar refractivity (Wildman–Crippen MR) is 57.5 cm³/mol. The zero-order valence-corrected chi connectivity index (χ0v) is 9.46. The molecule has 0 amide bonds. The van der Waals surface area contributed by atoms with Crippen LogP contribution in [-0.4, -0.2) is 26.3 Å². The van der Waals surface area contributed by atoms with Crippen LogP contribution in [0.1, 0.15) is 23.0 Å². The van der Waals surface area contributed by atoms with E-state index in [1.807, 2.05) is 6.07 Å². The summed E-state index contributed by atoms with van der Waals surface area (Å²) >= 11 is 0.954. The fraction of sp³-hybridized carbons (Fsp3) is 0.333. The summed E-state index contributed by atoms with van der Waals surface area (Å²) in [5.74, 6) is -1.17. The quantitative estimate of drug-likeness (QED) is 0.596. The summed E-state index contributed by atoms with van der Waals surface area (Å²) in [6.45, 7) is 3.09. The van der Waals surface area contributed by atoms with Crippen molar-refractivity contribution in [2.24, 2.45) is 0 Å². The van der Waals surface area contributed by atoms with Gasteiger partial charge in [-0.25, -0.2) is 9.59 Å². The Kier molecular flexibility index (Phi) is 3.68. The van der Waals surface area contributed by atoms with E-state index in [4.69, 9.17) is 10.4 Å². The molecule has 1 aromatic heterocycles. The molecule has 0 aliphatic heterocycles. The van der Waals surface area contributed by atoms with Gasteiger partial charge in [0, 0.05) is 5.69 Å². The molecule has 0 bridgehead atoms. The molecule has 0 radical (unpaired) electrons. The molecule has 0 fully saturated rings. The van der Waals surface area contributed by atoms with E-state index in [1.54, 1.807) is 6.92 Å². The minimum Gasteiger partial charge on any atom is -0.478 e. The van der Waals surface area contributed by atoms with Crippen LogP contribution >= 0.6 is 11.8 Å². The lowest BCUT2D eigenvalue weighted by molar-refractivity contribution is 0.0690. The normalized spacial score (nSPS) is 11.8. The number of nitrogens with one attached hydrogen (secondary N) is 1. The molecule has 1 aromatic rings. The van der Waals surface area contributed by atoms with E-state index in [0.29, 0.717) is 0 Å². The number of aryl methyl sites for hydroxylation is 1. The van der Waals surface area contributed by atoms with Crippen LogP contribution < -0.4 is 5.69 Å². The van der Waals surface area contributed by atoms with E-state index >= 15 is 0 Å². The fourth-order valence-electron chi connectivity index (χ4n) is 1.09. The third-order valence-corrected chi connectivity index (χ3v) is 2.75. The second-order valence-corrected chi connectivity index (χ2v) is 4.37. The summed E-state index contributed by atoms with van der Waals surface area (Å²) < 4.78 is 0. The maximum Gasteiger partial charge on any atom is 0.346 e. The van der Waals surface area contributed by atoms with E-state index < -0.39 is 16.9 Å². The zero-order valence-electron chi connectivity index (χ0n) is 8.64. The topological polar surface area (TPSA) is 107 Å². The lowest BCUT2D eigenvalue weighted by atomic mass is 10.2. The number of carbonyl (C=O) groups is 1. The van der Waals surface area contributed by atoms with Crippen molar-refractivity contribution in [2.75, 3.05) is 0 Å². The van der Waals surface area contributed by atoms with Crippen molar-refractivity contribution in [1.82, 2.24) is 9.97 Å². The van der Waals surface area contributed by atoms with Gasteiger partial charge in [0.2, 0.25) is 0 Å². The molecule has 0 aromatic carbocycles. The van der Waals surface area contributed by atoms with Gasteiger partial charge < -0.3 is 10.1 Å². The van der Waals surface area contributed by atoms with Crippen molar-refractivity contribution in [2.45, 2.75) is 24.1 Å². The SMILES string of the molecule is Cc1[nH]c(=O)nc(SC(C)C#N)c1C(=O)O. The summed E-state index contributed by atoms with van der Waals surface area (Å²) in [5.41, 5.74) is -0.443. The van der Waals surface area contributed by atoms with Gasteiger partial charge in [-0.05, 0) is 13.8 Å². The molecule has 0 aliphatic carbocycles. The first-order valence-electron chi connectivity index (χ1n) is 4.36. The van der Waals surface area contributed by atoms with Gasteiger partial charge in [-0.15, -0.1) is 0 Å². The van der Waals surface area contributed by atoms with E-state index in [2.05, 4.69) is 9.97 Å². The Hall–Kier alpha value is -1.81. The molecule has 1 rings (SSSR count). The van der Waals surface area contributed by atoms with Crippen molar-refractivity contribution in [3.8, 4) is 6.07 Å². The van der Waals surface area contributed by atoms with Gasteiger partial charge in [0.05, 0.1) is 11.3 Å². The first-order chi connectivity index (χ1) is 7.45. The molecule has 2 N–H and O–H groups in total. The van der Waals surface area contributed by atoms with Gasteiger partial charge in [-0.3, -0.25) is 0 Å². The van der Waals surface area contributed by atoms with Crippen molar-refractivity contribution in [1.29, 1.82) is 5.26 Å². The van der Waals surface area contributed by atoms with Crippen molar-refractivity contribution < 1.29 is 9.90 Å². The molecule has 6 nitrogen and oxygen atoms in total. The Labute approximate surface area is 95.3 Å². The number of aromatic amines is 1. The van der Waals surface area contributed by atoms with Gasteiger partial charge >= 0.3 is 11.7 Å². The van der Waals surface area contributed by atoms with E-state index in [0.717, 1.165) is 11.8 Å². The lowest BCUT2D eigenvalue weighted by Crippen LogP contribution is -2.18. The Morgan fingerprint density at radius 2 is 2.31 bits per heavy atom. The molecule has 0 saturated heterocycles. The van der Waals surface area contributed by atoms with Crippen LogP contribution in [0.25, 0.3) is 0 Å². The highest BCUT2D eigenvalue weighted by atomic mass is 32.2. The molecule has 0 aliphatic rings. The summed E-state index contributed by atoms with van der Waals surface area (Å²) in [6.07, 6.45) is 0. The number of hydrogen-bond donors (Lipinski definition) is 2. The molecule has 16 heavy (non-hydrogen) atoms. The fourth-order valence-corrected chi connectivity index (χ4v) is 1.97.